The number of carboxylic acids is 2. The molecule has 28 heavy (non-hydrogen) atoms. The SMILES string of the molecule is O=C(O[C@](O)(C(=O)O)[C@](O)(OC(=O)c1ccccc1)C(=O)O)c1ccccc1. The Hall–Kier alpha value is -3.76. The second-order valence-corrected chi connectivity index (χ2v) is 5.41. The third kappa shape index (κ3) is 3.82. The summed E-state index contributed by atoms with van der Waals surface area (Å²) in [7, 11) is 0. The third-order valence-electron chi connectivity index (χ3n) is 3.54. The number of aliphatic hydroxyl groups is 2. The zero-order valence-electron chi connectivity index (χ0n) is 14.0. The minimum atomic E-state index is -4.16. The molecule has 0 radical (unpaired) electrons. The van der Waals surface area contributed by atoms with E-state index in [1.807, 2.05) is 0 Å². The van der Waals surface area contributed by atoms with E-state index in [4.69, 9.17) is 0 Å². The van der Waals surface area contributed by atoms with Gasteiger partial charge in [0.15, 0.2) is 0 Å². The van der Waals surface area contributed by atoms with E-state index in [0.29, 0.717) is 0 Å². The zero-order chi connectivity index (χ0) is 20.9. The van der Waals surface area contributed by atoms with E-state index in [-0.39, 0.29) is 11.1 Å². The maximum absolute atomic E-state index is 12.1. The fraction of sp³-hybridized carbons (Fsp3) is 0.111. The highest BCUT2D eigenvalue weighted by molar-refractivity contribution is 5.97. The summed E-state index contributed by atoms with van der Waals surface area (Å²) >= 11 is 0. The molecule has 10 heteroatoms. The molecule has 0 spiro atoms. The van der Waals surface area contributed by atoms with E-state index in [1.165, 1.54) is 60.7 Å². The smallest absolute Gasteiger partial charge is 0.389 e. The normalized spacial score (nSPS) is 14.8. The van der Waals surface area contributed by atoms with Crippen LogP contribution >= 0.6 is 0 Å². The van der Waals surface area contributed by atoms with Crippen LogP contribution in [-0.2, 0) is 19.1 Å². The summed E-state index contributed by atoms with van der Waals surface area (Å²) in [6.45, 7) is 0. The lowest BCUT2D eigenvalue weighted by Crippen LogP contribution is -2.67. The predicted molar refractivity (Wildman–Crippen MR) is 88.9 cm³/mol. The van der Waals surface area contributed by atoms with Crippen molar-refractivity contribution < 1.29 is 49.1 Å². The van der Waals surface area contributed by atoms with Crippen LogP contribution in [0.15, 0.2) is 60.7 Å². The summed E-state index contributed by atoms with van der Waals surface area (Å²) in [5.74, 6) is -16.3. The molecule has 0 saturated heterocycles. The predicted octanol–water partition coefficient (Wildman–Crippen LogP) is 0.247. The van der Waals surface area contributed by atoms with Gasteiger partial charge in [-0.15, -0.1) is 0 Å². The van der Waals surface area contributed by atoms with Crippen LogP contribution < -0.4 is 0 Å². The van der Waals surface area contributed by atoms with Crippen LogP contribution in [0.3, 0.4) is 0 Å². The first-order valence-corrected chi connectivity index (χ1v) is 7.60. The van der Waals surface area contributed by atoms with E-state index in [0.717, 1.165) is 0 Å². The van der Waals surface area contributed by atoms with Gasteiger partial charge in [-0.25, -0.2) is 19.2 Å². The number of ether oxygens (including phenoxy) is 2. The van der Waals surface area contributed by atoms with Gasteiger partial charge in [-0.3, -0.25) is 0 Å². The number of aliphatic carboxylic acids is 2. The highest BCUT2D eigenvalue weighted by atomic mass is 16.8. The molecule has 0 heterocycles. The van der Waals surface area contributed by atoms with E-state index < -0.39 is 35.5 Å². The summed E-state index contributed by atoms with van der Waals surface area (Å²) in [5.41, 5.74) is -0.520. The number of hydrogen-bond acceptors (Lipinski definition) is 8. The van der Waals surface area contributed by atoms with Gasteiger partial charge in [-0.1, -0.05) is 36.4 Å². The van der Waals surface area contributed by atoms with Crippen LogP contribution in [0.25, 0.3) is 0 Å². The Morgan fingerprint density at radius 1 is 0.607 bits per heavy atom. The van der Waals surface area contributed by atoms with Crippen molar-refractivity contribution in [2.24, 2.45) is 0 Å². The van der Waals surface area contributed by atoms with Crippen LogP contribution in [-0.4, -0.2) is 55.9 Å². The number of benzene rings is 2. The van der Waals surface area contributed by atoms with Crippen molar-refractivity contribution in [3.8, 4) is 0 Å². The Labute approximate surface area is 157 Å². The van der Waals surface area contributed by atoms with E-state index in [9.17, 15) is 39.6 Å². The molecule has 146 valence electrons. The average Bonchev–Trinajstić information content (AvgIpc) is 2.68. The summed E-state index contributed by atoms with van der Waals surface area (Å²) in [6, 6.07) is 13.3. The molecule has 0 aliphatic rings. The minimum absolute atomic E-state index is 0.260. The molecular formula is C18H14O10. The van der Waals surface area contributed by atoms with Gasteiger partial charge < -0.3 is 29.9 Å². The van der Waals surface area contributed by atoms with E-state index in [1.54, 1.807) is 0 Å². The monoisotopic (exact) mass is 390 g/mol. The molecule has 0 aliphatic carbocycles. The van der Waals surface area contributed by atoms with Crippen molar-refractivity contribution >= 4 is 23.9 Å². The highest BCUT2D eigenvalue weighted by Crippen LogP contribution is 2.29. The lowest BCUT2D eigenvalue weighted by atomic mass is 10.1. The number of carbonyl (C=O) groups is 4. The second-order valence-electron chi connectivity index (χ2n) is 5.41. The van der Waals surface area contributed by atoms with Crippen LogP contribution in [0.4, 0.5) is 0 Å². The number of esters is 2. The number of carbonyl (C=O) groups excluding carboxylic acids is 2. The van der Waals surface area contributed by atoms with Crippen molar-refractivity contribution in [2.75, 3.05) is 0 Å². The van der Waals surface area contributed by atoms with Crippen molar-refractivity contribution in [3.63, 3.8) is 0 Å². The summed E-state index contributed by atoms with van der Waals surface area (Å²) in [5, 5.41) is 39.0. The van der Waals surface area contributed by atoms with Gasteiger partial charge in [-0.2, -0.15) is 0 Å². The molecule has 2 aromatic carbocycles. The van der Waals surface area contributed by atoms with Crippen molar-refractivity contribution in [1.29, 1.82) is 0 Å². The van der Waals surface area contributed by atoms with Crippen LogP contribution in [0.2, 0.25) is 0 Å². The van der Waals surface area contributed by atoms with Gasteiger partial charge in [0.2, 0.25) is 0 Å². The summed E-state index contributed by atoms with van der Waals surface area (Å²) in [6.07, 6.45) is 0. The van der Waals surface area contributed by atoms with Crippen LogP contribution in [0.1, 0.15) is 20.7 Å². The van der Waals surface area contributed by atoms with Gasteiger partial charge in [0.25, 0.3) is 0 Å². The lowest BCUT2D eigenvalue weighted by molar-refractivity contribution is -0.328. The second kappa shape index (κ2) is 7.86. The van der Waals surface area contributed by atoms with Gasteiger partial charge in [0.05, 0.1) is 11.1 Å². The molecule has 2 aromatic rings. The fourth-order valence-electron chi connectivity index (χ4n) is 2.05. The summed E-state index contributed by atoms with van der Waals surface area (Å²) < 4.78 is 8.72. The lowest BCUT2D eigenvalue weighted by Gasteiger charge is -2.34. The van der Waals surface area contributed by atoms with E-state index in [2.05, 4.69) is 9.47 Å². The molecule has 2 rings (SSSR count). The average molecular weight is 390 g/mol. The summed E-state index contributed by atoms with van der Waals surface area (Å²) in [4.78, 5) is 47.2. The molecule has 0 aliphatic heterocycles. The molecule has 10 nitrogen and oxygen atoms in total. The van der Waals surface area contributed by atoms with Crippen molar-refractivity contribution in [1.82, 2.24) is 0 Å². The topological polar surface area (TPSA) is 168 Å². The molecule has 4 N–H and O–H groups in total. The highest BCUT2D eigenvalue weighted by Gasteiger charge is 2.68. The number of carboxylic acid groups (broad SMARTS) is 2. The first kappa shape index (κ1) is 20.6. The molecule has 2 atom stereocenters. The molecule has 0 aromatic heterocycles. The Balaban J connectivity index is 2.42. The Bertz CT molecular complexity index is 820. The maximum Gasteiger partial charge on any atom is 0.389 e. The van der Waals surface area contributed by atoms with Gasteiger partial charge in [0.1, 0.15) is 0 Å². The van der Waals surface area contributed by atoms with E-state index >= 15 is 0 Å². The quantitative estimate of drug-likeness (QED) is 0.380. The first-order valence-electron chi connectivity index (χ1n) is 7.60. The Morgan fingerprint density at radius 3 is 1.14 bits per heavy atom. The number of rotatable bonds is 7. The zero-order valence-corrected chi connectivity index (χ0v) is 14.0. The van der Waals surface area contributed by atoms with Gasteiger partial charge in [0, 0.05) is 0 Å². The van der Waals surface area contributed by atoms with Crippen molar-refractivity contribution in [2.45, 2.75) is 11.6 Å². The fourth-order valence-corrected chi connectivity index (χ4v) is 2.05. The molecule has 0 unspecified atom stereocenters. The van der Waals surface area contributed by atoms with Gasteiger partial charge >= 0.3 is 35.5 Å². The molecule has 0 saturated carbocycles. The molecule has 0 amide bonds. The van der Waals surface area contributed by atoms with Crippen molar-refractivity contribution in [3.05, 3.63) is 71.8 Å². The standard InChI is InChI=1S/C18H14O10/c19-13(11-7-3-1-4-8-11)27-17(25,15(21)22)18(26,16(23)24)28-14(20)12-9-5-2-6-10-12/h1-10,25-26H,(H,21,22)(H,23,24)/t17-,18-/m1/s1. The van der Waals surface area contributed by atoms with Crippen LogP contribution in [0, 0.1) is 0 Å². The largest absolute Gasteiger partial charge is 0.476 e. The molecule has 0 bridgehead atoms. The Kier molecular flexibility index (Phi) is 5.77. The Morgan fingerprint density at radius 2 is 0.893 bits per heavy atom. The number of hydrogen-bond donors (Lipinski definition) is 4. The molecule has 0 fully saturated rings. The molecular weight excluding hydrogens is 376 g/mol. The van der Waals surface area contributed by atoms with Gasteiger partial charge in [-0.05, 0) is 24.3 Å². The third-order valence-corrected chi connectivity index (χ3v) is 3.54. The van der Waals surface area contributed by atoms with Crippen LogP contribution in [0.5, 0.6) is 0 Å². The maximum atomic E-state index is 12.1. The first-order chi connectivity index (χ1) is 13.1. The minimum Gasteiger partial charge on any atom is -0.476 e.